The van der Waals surface area contributed by atoms with Gasteiger partial charge in [0, 0.05) is 51.3 Å². The van der Waals surface area contributed by atoms with Crippen LogP contribution in [0.4, 0.5) is 0 Å². The number of phenols is 1. The first kappa shape index (κ1) is 82.9. The maximum atomic E-state index is 15.3. The van der Waals surface area contributed by atoms with Crippen LogP contribution in [0.1, 0.15) is 100 Å². The number of nitrogens with one attached hydrogen (secondary N) is 9. The van der Waals surface area contributed by atoms with Gasteiger partial charge in [0.1, 0.15) is 84.5 Å². The number of aromatic nitrogens is 3. The molecule has 0 saturated carbocycles. The molecule has 4 aromatic carbocycles. The second-order valence-electron chi connectivity index (χ2n) is 27.6. The van der Waals surface area contributed by atoms with Gasteiger partial charge in [-0.05, 0) is 92.3 Å². The number of phenolic OH excluding ortho intramolecular Hbond substituents is 1. The number of hydrogen-bond donors (Lipinski definition) is 16. The zero-order valence-electron chi connectivity index (χ0n) is 60.3. The zero-order valence-corrected chi connectivity index (χ0v) is 60.3. The summed E-state index contributed by atoms with van der Waals surface area (Å²) in [5.41, 5.74) is 19.4. The Morgan fingerprint density at radius 3 is 1.48 bits per heavy atom. The number of amides is 12. The lowest BCUT2D eigenvalue weighted by atomic mass is 9.99. The molecule has 5 aromatic rings. The predicted molar refractivity (Wildman–Crippen MR) is 386 cm³/mol. The highest BCUT2D eigenvalue weighted by Crippen LogP contribution is 2.24. The van der Waals surface area contributed by atoms with Crippen molar-refractivity contribution in [1.29, 1.82) is 0 Å². The summed E-state index contributed by atoms with van der Waals surface area (Å²) in [4.78, 5) is 177. The molecule has 3 fully saturated rings. The van der Waals surface area contributed by atoms with E-state index in [1.54, 1.807) is 105 Å². The summed E-state index contributed by atoms with van der Waals surface area (Å²) >= 11 is 0. The molecule has 3 aliphatic rings. The minimum Gasteiger partial charge on any atom is -0.508 e. The van der Waals surface area contributed by atoms with Crippen molar-refractivity contribution in [2.45, 2.75) is 202 Å². The number of ether oxygens (including phenoxy) is 2. The van der Waals surface area contributed by atoms with E-state index in [4.69, 9.17) is 26.7 Å². The highest BCUT2D eigenvalue weighted by molar-refractivity contribution is 6.01. The number of aliphatic hydroxyl groups excluding tert-OH is 3. The SMILES string of the molecule is CC(C)C[C@@H]1NC(=O)[C@H](CCCN)NC(=O)[C@H](Cc2cn(CCO[C@H]3O[C@@H](C)[C@@H](O)[C@@H](O)[C@@H]3O)nn2)NC(=O)[C@H](Cc2ccc(O)cc2)NC(=O)[C@H](CCC(N)=O)NC(=O)[C@H](CC(N)=O)NC(=O)[C@@H](Cc2ccccc2)NC(=O)[C@H](Cc2ccccc2)NC(=O)[C@@H]2CCCN2C(=O)[C@@H](Cc2ccccc2)NC1=O. The Bertz CT molecular complexity index is 3900. The Kier molecular flexibility index (Phi) is 30.9. The zero-order chi connectivity index (χ0) is 78.1. The third-order valence-electron chi connectivity index (χ3n) is 18.6. The number of carbonyl (C=O) groups excluding carboxylic acids is 12. The van der Waals surface area contributed by atoms with Gasteiger partial charge in [0.05, 0.1) is 31.4 Å². The van der Waals surface area contributed by atoms with Crippen LogP contribution in [-0.2, 0) is 106 Å². The van der Waals surface area contributed by atoms with Gasteiger partial charge in [-0.3, -0.25) is 57.5 Å². The van der Waals surface area contributed by atoms with Crippen LogP contribution in [0.2, 0.25) is 0 Å². The number of nitrogens with zero attached hydrogens (tertiary/aromatic N) is 4. The first-order chi connectivity index (χ1) is 51.6. The van der Waals surface area contributed by atoms with Crippen LogP contribution in [-0.4, -0.2) is 222 Å². The van der Waals surface area contributed by atoms with Crippen LogP contribution < -0.4 is 65.1 Å². The molecule has 0 aliphatic carbocycles. The molecule has 4 heterocycles. The van der Waals surface area contributed by atoms with Gasteiger partial charge >= 0.3 is 0 Å². The smallest absolute Gasteiger partial charge is 0.246 e. The molecule has 0 bridgehead atoms. The number of rotatable bonds is 24. The first-order valence-electron chi connectivity index (χ1n) is 36.0. The summed E-state index contributed by atoms with van der Waals surface area (Å²) < 4.78 is 12.5. The molecule has 8 rings (SSSR count). The molecule has 108 heavy (non-hydrogen) atoms. The van der Waals surface area contributed by atoms with Crippen molar-refractivity contribution >= 4 is 70.9 Å². The second-order valence-corrected chi connectivity index (χ2v) is 27.6. The molecule has 34 nitrogen and oxygen atoms in total. The van der Waals surface area contributed by atoms with E-state index in [-0.39, 0.29) is 88.5 Å². The van der Waals surface area contributed by atoms with Crippen molar-refractivity contribution in [2.24, 2.45) is 23.1 Å². The summed E-state index contributed by atoms with van der Waals surface area (Å²) in [6.07, 6.45) is -8.58. The Balaban J connectivity index is 1.21. The lowest BCUT2D eigenvalue weighted by molar-refractivity contribution is -0.293. The summed E-state index contributed by atoms with van der Waals surface area (Å²) in [5.74, 6) is -12.1. The molecule has 15 atom stereocenters. The van der Waals surface area contributed by atoms with Crippen molar-refractivity contribution in [1.82, 2.24) is 67.7 Å². The summed E-state index contributed by atoms with van der Waals surface area (Å²) in [7, 11) is 0. The van der Waals surface area contributed by atoms with Crippen molar-refractivity contribution in [3.05, 3.63) is 149 Å². The third-order valence-corrected chi connectivity index (χ3v) is 18.6. The average molecular weight is 1500 g/mol. The van der Waals surface area contributed by atoms with Crippen LogP contribution in [0.5, 0.6) is 5.75 Å². The van der Waals surface area contributed by atoms with Crippen LogP contribution in [0.3, 0.4) is 0 Å². The quantitative estimate of drug-likeness (QED) is 0.0287. The lowest BCUT2D eigenvalue weighted by Crippen LogP contribution is -2.62. The van der Waals surface area contributed by atoms with Crippen molar-refractivity contribution in [3.8, 4) is 5.75 Å². The molecule has 0 spiro atoms. The summed E-state index contributed by atoms with van der Waals surface area (Å²) in [6.45, 7) is 4.81. The van der Waals surface area contributed by atoms with Gasteiger partial charge in [0.2, 0.25) is 70.9 Å². The Morgan fingerprint density at radius 1 is 0.537 bits per heavy atom. The number of aromatic hydroxyl groups is 1. The predicted octanol–water partition coefficient (Wildman–Crippen LogP) is -3.37. The molecular formula is C74H98N16O18. The minimum absolute atomic E-state index is 0.00476. The Hall–Kier alpha value is -10.8. The monoisotopic (exact) mass is 1500 g/mol. The fourth-order valence-electron chi connectivity index (χ4n) is 12.8. The van der Waals surface area contributed by atoms with Gasteiger partial charge in [0.15, 0.2) is 6.29 Å². The van der Waals surface area contributed by atoms with Gasteiger partial charge in [-0.15, -0.1) is 5.10 Å². The maximum Gasteiger partial charge on any atom is 0.246 e. The molecule has 1 aromatic heterocycles. The number of aliphatic hydroxyl groups is 3. The number of primary amides is 2. The van der Waals surface area contributed by atoms with Gasteiger partial charge < -0.3 is 99.9 Å². The summed E-state index contributed by atoms with van der Waals surface area (Å²) in [5, 5.41) is 73.9. The molecule has 0 radical (unpaired) electrons. The fourth-order valence-corrected chi connectivity index (χ4v) is 12.8. The van der Waals surface area contributed by atoms with Crippen molar-refractivity contribution in [2.75, 3.05) is 19.7 Å². The number of nitrogens with two attached hydrogens (primary N) is 3. The van der Waals surface area contributed by atoms with E-state index in [0.29, 0.717) is 28.7 Å². The normalized spacial score (nSPS) is 26.4. The van der Waals surface area contributed by atoms with E-state index in [1.807, 2.05) is 0 Å². The molecular weight excluding hydrogens is 1400 g/mol. The third kappa shape index (κ3) is 24.6. The molecule has 582 valence electrons. The maximum absolute atomic E-state index is 15.3. The lowest BCUT2D eigenvalue weighted by Gasteiger charge is -2.38. The molecule has 0 unspecified atom stereocenters. The first-order valence-corrected chi connectivity index (χ1v) is 36.0. The molecule has 12 amide bonds. The Labute approximate surface area is 623 Å². The van der Waals surface area contributed by atoms with Crippen LogP contribution in [0, 0.1) is 5.92 Å². The minimum atomic E-state index is -1.92. The largest absolute Gasteiger partial charge is 0.508 e. The van der Waals surface area contributed by atoms with E-state index in [2.05, 4.69) is 58.2 Å². The molecule has 3 aliphatic heterocycles. The van der Waals surface area contributed by atoms with Crippen LogP contribution in [0.15, 0.2) is 121 Å². The second kappa shape index (κ2) is 40.3. The highest BCUT2D eigenvalue weighted by atomic mass is 16.7. The van der Waals surface area contributed by atoms with E-state index in [0.717, 1.165) is 0 Å². The fraction of sp³-hybridized carbons (Fsp3) is 0.486. The standard InChI is InChI=1S/C74H98N16O18/c1-41(2)33-51-66(99)86-57(37-45-19-11-6-12-20-45)73(106)90-30-14-22-58(90)72(105)85-54(35-44-17-9-5-10-18-44)69(102)82-52(34-43-15-7-4-8-16-43)68(101)84-56(39-60(77)93)71(104)79-50(27-28-59(76)92)65(98)81-53(36-46-23-25-48(91)26-24-46)67(100)83-55(70(103)78-49(21-13-29-75)64(97)80-51)38-47-40-89(88-87-47)31-32-107-74-63(96)62(95)61(94)42(3)108-74/h4-12,15-20,23-26,40-42,49-58,61-63,74,91,94-96H,13-14,21-22,27-39,75H2,1-3H3,(H2,76,92)(H2,77,93)(H,78,103)(H,79,104)(H,80,97)(H,81,98)(H,82,102)(H,83,100)(H,84,101)(H,85,105)(H,86,99)/t42-,49-,50-,51-,52+,53-,54-,55-,56-,57+,58-,61+,62+,63-,74-/m0/s1. The van der Waals surface area contributed by atoms with Gasteiger partial charge in [-0.2, -0.15) is 0 Å². The number of hydrogen-bond acceptors (Lipinski definition) is 21. The van der Waals surface area contributed by atoms with Crippen molar-refractivity contribution < 1.29 is 87.4 Å². The van der Waals surface area contributed by atoms with E-state index in [9.17, 15) is 54.0 Å². The van der Waals surface area contributed by atoms with Crippen LogP contribution in [0.25, 0.3) is 0 Å². The van der Waals surface area contributed by atoms with Gasteiger partial charge in [-0.25, -0.2) is 4.68 Å². The van der Waals surface area contributed by atoms with Crippen LogP contribution >= 0.6 is 0 Å². The summed E-state index contributed by atoms with van der Waals surface area (Å²) in [6, 6.07) is 15.3. The van der Waals surface area contributed by atoms with Crippen molar-refractivity contribution in [3.63, 3.8) is 0 Å². The number of carbonyl (C=O) groups is 12. The van der Waals surface area contributed by atoms with Gasteiger partial charge in [-0.1, -0.05) is 122 Å². The topological polar surface area (TPSA) is 524 Å². The highest BCUT2D eigenvalue weighted by Gasteiger charge is 2.44. The Morgan fingerprint density at radius 2 is 0.972 bits per heavy atom. The van der Waals surface area contributed by atoms with E-state index in [1.165, 1.54) is 47.0 Å². The molecule has 3 saturated heterocycles. The molecule has 34 heteroatoms. The number of benzene rings is 4. The van der Waals surface area contributed by atoms with E-state index >= 15 is 24.0 Å². The van der Waals surface area contributed by atoms with E-state index < -0.39 is 194 Å². The molecule has 19 N–H and O–H groups in total. The number of fused-ring (bicyclic) bond motifs is 1. The average Bonchev–Trinajstić information content (AvgIpc) is 1.47. The van der Waals surface area contributed by atoms with Gasteiger partial charge in [0.25, 0.3) is 0 Å².